The number of nitrogens with one attached hydrogen (secondary N) is 1. The Morgan fingerprint density at radius 1 is 1.05 bits per heavy atom. The van der Waals surface area contributed by atoms with E-state index >= 15 is 0 Å². The summed E-state index contributed by atoms with van der Waals surface area (Å²) in [7, 11) is 0. The SMILES string of the molecule is CCN(c1cc(-c2ccc(CN3CCOCC3=O)cc2)cc(C(=O)NCC2C(=O)N=C(C)CC2C)c1C)C1CCOCC1. The summed E-state index contributed by atoms with van der Waals surface area (Å²) in [5, 5.41) is 3.07. The number of hydrogen-bond acceptors (Lipinski definition) is 6. The quantitative estimate of drug-likeness (QED) is 0.466. The number of morpholine rings is 1. The van der Waals surface area contributed by atoms with E-state index in [1.54, 1.807) is 0 Å². The Balaban J connectivity index is 1.44. The minimum Gasteiger partial charge on any atom is -0.381 e. The molecular weight excluding hydrogens is 544 g/mol. The molecule has 0 aromatic heterocycles. The highest BCUT2D eigenvalue weighted by Crippen LogP contribution is 2.34. The maximum Gasteiger partial charge on any atom is 0.251 e. The van der Waals surface area contributed by atoms with Crippen LogP contribution in [0.1, 0.15) is 61.5 Å². The van der Waals surface area contributed by atoms with E-state index in [-0.39, 0.29) is 42.7 Å². The van der Waals surface area contributed by atoms with Gasteiger partial charge >= 0.3 is 0 Å². The van der Waals surface area contributed by atoms with E-state index in [4.69, 9.17) is 9.47 Å². The van der Waals surface area contributed by atoms with E-state index < -0.39 is 0 Å². The number of benzene rings is 2. The largest absolute Gasteiger partial charge is 0.381 e. The molecule has 9 nitrogen and oxygen atoms in total. The fraction of sp³-hybridized carbons (Fsp3) is 0.529. The molecule has 3 amide bonds. The number of hydrogen-bond donors (Lipinski definition) is 1. The van der Waals surface area contributed by atoms with Crippen molar-refractivity contribution >= 4 is 29.1 Å². The molecule has 3 heterocycles. The van der Waals surface area contributed by atoms with Gasteiger partial charge < -0.3 is 24.6 Å². The van der Waals surface area contributed by atoms with Crippen LogP contribution >= 0.6 is 0 Å². The zero-order valence-corrected chi connectivity index (χ0v) is 25.9. The summed E-state index contributed by atoms with van der Waals surface area (Å²) < 4.78 is 10.9. The first-order valence-electron chi connectivity index (χ1n) is 15.5. The van der Waals surface area contributed by atoms with Crippen molar-refractivity contribution in [3.8, 4) is 11.1 Å². The predicted octanol–water partition coefficient (Wildman–Crippen LogP) is 4.40. The summed E-state index contributed by atoms with van der Waals surface area (Å²) in [6.45, 7) is 12.5. The Morgan fingerprint density at radius 2 is 1.79 bits per heavy atom. The molecule has 0 radical (unpaired) electrons. The minimum atomic E-state index is -0.323. The first kappa shape index (κ1) is 30.9. The molecule has 0 aliphatic carbocycles. The van der Waals surface area contributed by atoms with Crippen LogP contribution in [0.3, 0.4) is 0 Å². The van der Waals surface area contributed by atoms with Gasteiger partial charge in [-0.3, -0.25) is 14.4 Å². The Bertz CT molecular complexity index is 1370. The maximum absolute atomic E-state index is 13.8. The molecule has 0 saturated carbocycles. The van der Waals surface area contributed by atoms with E-state index in [0.29, 0.717) is 31.3 Å². The number of carbonyl (C=O) groups is 3. The van der Waals surface area contributed by atoms with Crippen LogP contribution in [0.4, 0.5) is 5.69 Å². The van der Waals surface area contributed by atoms with Gasteiger partial charge in [0.15, 0.2) is 0 Å². The molecule has 43 heavy (non-hydrogen) atoms. The van der Waals surface area contributed by atoms with Gasteiger partial charge in [0.05, 0.1) is 12.5 Å². The Labute approximate surface area is 254 Å². The molecule has 0 bridgehead atoms. The van der Waals surface area contributed by atoms with Gasteiger partial charge in [-0.1, -0.05) is 31.2 Å². The van der Waals surface area contributed by atoms with Crippen LogP contribution in [0, 0.1) is 18.8 Å². The molecule has 1 N–H and O–H groups in total. The standard InChI is InChI=1S/C34H44N4O5/c1-5-38(28-10-13-42-14-11-28)31-18-27(26-8-6-25(7-9-26)20-37-12-15-43-21-32(37)39)17-29(24(31)4)33(40)35-19-30-22(2)16-23(3)36-34(30)41/h6-9,17-18,22,28,30H,5,10-16,19-21H2,1-4H3,(H,35,40). The van der Waals surface area contributed by atoms with E-state index in [9.17, 15) is 14.4 Å². The molecule has 0 spiro atoms. The zero-order valence-electron chi connectivity index (χ0n) is 25.9. The van der Waals surface area contributed by atoms with Gasteiger partial charge in [-0.15, -0.1) is 0 Å². The van der Waals surface area contributed by atoms with Crippen molar-refractivity contribution in [2.45, 2.75) is 59.5 Å². The van der Waals surface area contributed by atoms with Gasteiger partial charge in [-0.2, -0.15) is 0 Å². The topological polar surface area (TPSA) is 101 Å². The van der Waals surface area contributed by atoms with Gasteiger partial charge in [0.2, 0.25) is 5.91 Å². The lowest BCUT2D eigenvalue weighted by Gasteiger charge is -2.37. The number of nitrogens with zero attached hydrogens (tertiary/aromatic N) is 3. The molecule has 3 aliphatic heterocycles. The van der Waals surface area contributed by atoms with Crippen LogP contribution in [0.2, 0.25) is 0 Å². The van der Waals surface area contributed by atoms with Crippen molar-refractivity contribution in [1.29, 1.82) is 0 Å². The third-order valence-electron chi connectivity index (χ3n) is 9.06. The zero-order chi connectivity index (χ0) is 30.5. The van der Waals surface area contributed by atoms with E-state index in [1.165, 1.54) is 0 Å². The number of amides is 3. The maximum atomic E-state index is 13.8. The molecule has 5 rings (SSSR count). The normalized spacial score (nSPS) is 21.5. The number of anilines is 1. The van der Waals surface area contributed by atoms with Crippen molar-refractivity contribution < 1.29 is 23.9 Å². The number of aliphatic imine (C=N–C) groups is 1. The lowest BCUT2D eigenvalue weighted by atomic mass is 9.86. The van der Waals surface area contributed by atoms with Crippen LogP contribution in [0.5, 0.6) is 0 Å². The van der Waals surface area contributed by atoms with Gasteiger partial charge in [0.1, 0.15) is 6.61 Å². The third kappa shape index (κ3) is 7.16. The Kier molecular flexibility index (Phi) is 9.93. The first-order chi connectivity index (χ1) is 20.7. The molecule has 2 fully saturated rings. The summed E-state index contributed by atoms with van der Waals surface area (Å²) in [5.74, 6) is -0.525. The average molecular weight is 589 g/mol. The highest BCUT2D eigenvalue weighted by Gasteiger charge is 2.30. The second-order valence-corrected chi connectivity index (χ2v) is 12.0. The molecule has 2 aromatic rings. The number of rotatable bonds is 9. The molecule has 3 aliphatic rings. The highest BCUT2D eigenvalue weighted by atomic mass is 16.5. The van der Waals surface area contributed by atoms with Gasteiger partial charge in [-0.25, -0.2) is 4.99 Å². The van der Waals surface area contributed by atoms with Gasteiger partial charge in [0, 0.05) is 62.4 Å². The van der Waals surface area contributed by atoms with Crippen molar-refractivity contribution in [2.24, 2.45) is 16.8 Å². The van der Waals surface area contributed by atoms with E-state index in [1.807, 2.05) is 43.9 Å². The van der Waals surface area contributed by atoms with Crippen molar-refractivity contribution in [3.63, 3.8) is 0 Å². The monoisotopic (exact) mass is 588 g/mol. The third-order valence-corrected chi connectivity index (χ3v) is 9.06. The average Bonchev–Trinajstić information content (AvgIpc) is 3.00. The number of ether oxygens (including phenoxy) is 2. The smallest absolute Gasteiger partial charge is 0.251 e. The van der Waals surface area contributed by atoms with Crippen LogP contribution in [0.25, 0.3) is 11.1 Å². The Morgan fingerprint density at radius 3 is 2.47 bits per heavy atom. The fourth-order valence-corrected chi connectivity index (χ4v) is 6.52. The first-order valence-corrected chi connectivity index (χ1v) is 15.5. The molecule has 2 atom stereocenters. The highest BCUT2D eigenvalue weighted by molar-refractivity contribution is 6.00. The molecule has 230 valence electrons. The Hall–Kier alpha value is -3.56. The van der Waals surface area contributed by atoms with Crippen molar-refractivity contribution in [1.82, 2.24) is 10.2 Å². The molecule has 2 saturated heterocycles. The van der Waals surface area contributed by atoms with Crippen LogP contribution in [-0.4, -0.2) is 80.4 Å². The van der Waals surface area contributed by atoms with Gasteiger partial charge in [-0.05, 0) is 80.3 Å². The summed E-state index contributed by atoms with van der Waals surface area (Å²) in [5.41, 5.74) is 6.42. The van der Waals surface area contributed by atoms with E-state index in [2.05, 4.69) is 40.3 Å². The predicted molar refractivity (Wildman–Crippen MR) is 167 cm³/mol. The lowest BCUT2D eigenvalue weighted by molar-refractivity contribution is -0.143. The molecule has 9 heteroatoms. The van der Waals surface area contributed by atoms with Crippen molar-refractivity contribution in [2.75, 3.05) is 51.0 Å². The second-order valence-electron chi connectivity index (χ2n) is 12.0. The van der Waals surface area contributed by atoms with Crippen molar-refractivity contribution in [3.05, 3.63) is 53.1 Å². The minimum absolute atomic E-state index is 0.00758. The molecular formula is C34H44N4O5. The number of carbonyl (C=O) groups excluding carboxylic acids is 3. The summed E-state index contributed by atoms with van der Waals surface area (Å²) in [6, 6.07) is 12.7. The van der Waals surface area contributed by atoms with Crippen LogP contribution in [0.15, 0.2) is 41.4 Å². The van der Waals surface area contributed by atoms with Gasteiger partial charge in [0.25, 0.3) is 11.8 Å². The molecule has 2 unspecified atom stereocenters. The van der Waals surface area contributed by atoms with E-state index in [0.717, 1.165) is 72.7 Å². The molecule has 2 aromatic carbocycles. The van der Waals surface area contributed by atoms with Crippen LogP contribution in [-0.2, 0) is 25.6 Å². The summed E-state index contributed by atoms with van der Waals surface area (Å²) >= 11 is 0. The summed E-state index contributed by atoms with van der Waals surface area (Å²) in [6.07, 6.45) is 2.64. The fourth-order valence-electron chi connectivity index (χ4n) is 6.52. The van der Waals surface area contributed by atoms with Crippen LogP contribution < -0.4 is 10.2 Å². The second kappa shape index (κ2) is 13.8. The summed E-state index contributed by atoms with van der Waals surface area (Å²) in [4.78, 5) is 47.0. The lowest BCUT2D eigenvalue weighted by Crippen LogP contribution is -2.40.